The fraction of sp³-hybridized carbons (Fsp3) is 0.438. The number of carbonyl (C=O) groups is 1. The first-order valence-corrected chi connectivity index (χ1v) is 6.95. The molecule has 1 N–H and O–H groups in total. The maximum Gasteiger partial charge on any atom is 0.217 e. The number of amides is 1. The number of likely N-dealkylation sites (tertiary alicyclic amines) is 1. The summed E-state index contributed by atoms with van der Waals surface area (Å²) in [5, 5.41) is 3.02. The Balaban J connectivity index is 1.79. The summed E-state index contributed by atoms with van der Waals surface area (Å²) in [6.45, 7) is 4.62. The van der Waals surface area contributed by atoms with Gasteiger partial charge in [0.15, 0.2) is 0 Å². The van der Waals surface area contributed by atoms with Gasteiger partial charge < -0.3 is 5.32 Å². The molecule has 3 nitrogen and oxygen atoms in total. The van der Waals surface area contributed by atoms with Crippen LogP contribution >= 0.6 is 0 Å². The lowest BCUT2D eigenvalue weighted by Crippen LogP contribution is -2.47. The standard InChI is InChI=1S/C16H22N2O/c1-14(19)17-16-10-6-12-18(13-16)11-5-9-15-7-3-2-4-8-15/h2-5,7-9,16H,6,10-13H2,1H3,(H,17,19)/b9-5+. The van der Waals surface area contributed by atoms with Gasteiger partial charge in [0, 0.05) is 26.1 Å². The van der Waals surface area contributed by atoms with E-state index in [2.05, 4.69) is 34.5 Å². The fourth-order valence-corrected chi connectivity index (χ4v) is 2.53. The van der Waals surface area contributed by atoms with Gasteiger partial charge in [0.2, 0.25) is 5.91 Å². The predicted octanol–water partition coefficient (Wildman–Crippen LogP) is 2.30. The summed E-state index contributed by atoms with van der Waals surface area (Å²) in [6, 6.07) is 10.6. The van der Waals surface area contributed by atoms with Crippen molar-refractivity contribution >= 4 is 12.0 Å². The van der Waals surface area contributed by atoms with Crippen LogP contribution in [0.3, 0.4) is 0 Å². The van der Waals surface area contributed by atoms with Crippen molar-refractivity contribution < 1.29 is 4.79 Å². The second-order valence-corrected chi connectivity index (χ2v) is 5.11. The molecule has 102 valence electrons. The van der Waals surface area contributed by atoms with Gasteiger partial charge in [0.25, 0.3) is 0 Å². The van der Waals surface area contributed by atoms with Crippen molar-refractivity contribution in [1.82, 2.24) is 10.2 Å². The highest BCUT2D eigenvalue weighted by Crippen LogP contribution is 2.10. The first-order chi connectivity index (χ1) is 9.24. The van der Waals surface area contributed by atoms with E-state index in [4.69, 9.17) is 0 Å². The largest absolute Gasteiger partial charge is 0.352 e. The predicted molar refractivity (Wildman–Crippen MR) is 78.8 cm³/mol. The summed E-state index contributed by atoms with van der Waals surface area (Å²) in [4.78, 5) is 13.5. The van der Waals surface area contributed by atoms with Crippen molar-refractivity contribution in [3.05, 3.63) is 42.0 Å². The Morgan fingerprint density at radius 3 is 2.95 bits per heavy atom. The Labute approximate surface area is 115 Å². The zero-order valence-electron chi connectivity index (χ0n) is 11.5. The highest BCUT2D eigenvalue weighted by Gasteiger charge is 2.19. The topological polar surface area (TPSA) is 32.3 Å². The van der Waals surface area contributed by atoms with E-state index in [0.29, 0.717) is 6.04 Å². The number of nitrogens with one attached hydrogen (secondary N) is 1. The Morgan fingerprint density at radius 2 is 2.21 bits per heavy atom. The molecule has 1 amide bonds. The van der Waals surface area contributed by atoms with Gasteiger partial charge in [-0.25, -0.2) is 0 Å². The molecule has 1 aliphatic heterocycles. The van der Waals surface area contributed by atoms with E-state index in [1.165, 1.54) is 5.56 Å². The fourth-order valence-electron chi connectivity index (χ4n) is 2.53. The second-order valence-electron chi connectivity index (χ2n) is 5.11. The van der Waals surface area contributed by atoms with Gasteiger partial charge >= 0.3 is 0 Å². The SMILES string of the molecule is CC(=O)NC1CCCN(C/C=C/c2ccccc2)C1. The minimum atomic E-state index is 0.0756. The van der Waals surface area contributed by atoms with Gasteiger partial charge in [0.1, 0.15) is 0 Å². The molecular weight excluding hydrogens is 236 g/mol. The molecule has 1 saturated heterocycles. The van der Waals surface area contributed by atoms with Crippen LogP contribution in [0, 0.1) is 0 Å². The van der Waals surface area contributed by atoms with Crippen LogP contribution in [0.5, 0.6) is 0 Å². The van der Waals surface area contributed by atoms with Crippen LogP contribution in [0.1, 0.15) is 25.3 Å². The third-order valence-electron chi connectivity index (χ3n) is 3.39. The zero-order valence-corrected chi connectivity index (χ0v) is 11.5. The molecular formula is C16H22N2O. The molecule has 0 bridgehead atoms. The van der Waals surface area contributed by atoms with Crippen LogP contribution in [0.2, 0.25) is 0 Å². The summed E-state index contributed by atoms with van der Waals surface area (Å²) >= 11 is 0. The van der Waals surface area contributed by atoms with Crippen LogP contribution < -0.4 is 5.32 Å². The van der Waals surface area contributed by atoms with Crippen LogP contribution in [-0.2, 0) is 4.79 Å². The maximum absolute atomic E-state index is 11.1. The molecule has 1 heterocycles. The van der Waals surface area contributed by atoms with Crippen LogP contribution in [0.4, 0.5) is 0 Å². The van der Waals surface area contributed by atoms with Gasteiger partial charge in [-0.15, -0.1) is 0 Å². The third-order valence-corrected chi connectivity index (χ3v) is 3.39. The number of hydrogen-bond acceptors (Lipinski definition) is 2. The average Bonchev–Trinajstić information content (AvgIpc) is 2.40. The highest BCUT2D eigenvalue weighted by molar-refractivity contribution is 5.73. The number of benzene rings is 1. The number of carbonyl (C=O) groups excluding carboxylic acids is 1. The number of piperidine rings is 1. The van der Waals surface area contributed by atoms with Crippen LogP contribution in [0.25, 0.3) is 6.08 Å². The van der Waals surface area contributed by atoms with E-state index in [1.807, 2.05) is 18.2 Å². The molecule has 0 aromatic heterocycles. The van der Waals surface area contributed by atoms with E-state index in [0.717, 1.165) is 32.5 Å². The third kappa shape index (κ3) is 4.87. The lowest BCUT2D eigenvalue weighted by atomic mass is 10.1. The Kier molecular flexibility index (Phi) is 5.16. The summed E-state index contributed by atoms with van der Waals surface area (Å²) in [6.07, 6.45) is 6.61. The van der Waals surface area contributed by atoms with Gasteiger partial charge in [-0.3, -0.25) is 9.69 Å². The van der Waals surface area contributed by atoms with Gasteiger partial charge in [0.05, 0.1) is 0 Å². The van der Waals surface area contributed by atoms with Crippen molar-refractivity contribution in [2.45, 2.75) is 25.8 Å². The molecule has 1 atom stereocenters. The molecule has 1 aromatic carbocycles. The minimum Gasteiger partial charge on any atom is -0.352 e. The Morgan fingerprint density at radius 1 is 1.42 bits per heavy atom. The zero-order chi connectivity index (χ0) is 13.5. The van der Waals surface area contributed by atoms with Crippen LogP contribution in [0.15, 0.2) is 36.4 Å². The van der Waals surface area contributed by atoms with Crippen molar-refractivity contribution in [3.8, 4) is 0 Å². The molecule has 1 aromatic rings. The van der Waals surface area contributed by atoms with Crippen molar-refractivity contribution in [2.24, 2.45) is 0 Å². The number of rotatable bonds is 4. The van der Waals surface area contributed by atoms with Gasteiger partial charge in [-0.2, -0.15) is 0 Å². The van der Waals surface area contributed by atoms with E-state index >= 15 is 0 Å². The van der Waals surface area contributed by atoms with Crippen molar-refractivity contribution in [2.75, 3.05) is 19.6 Å². The van der Waals surface area contributed by atoms with E-state index in [9.17, 15) is 4.79 Å². The lowest BCUT2D eigenvalue weighted by Gasteiger charge is -2.32. The Hall–Kier alpha value is -1.61. The number of nitrogens with zero attached hydrogens (tertiary/aromatic N) is 1. The minimum absolute atomic E-state index is 0.0756. The van der Waals surface area contributed by atoms with E-state index in [-0.39, 0.29) is 5.91 Å². The summed E-state index contributed by atoms with van der Waals surface area (Å²) < 4.78 is 0. The highest BCUT2D eigenvalue weighted by atomic mass is 16.1. The lowest BCUT2D eigenvalue weighted by molar-refractivity contribution is -0.120. The van der Waals surface area contributed by atoms with E-state index < -0.39 is 0 Å². The first kappa shape index (κ1) is 13.8. The molecule has 1 unspecified atom stereocenters. The van der Waals surface area contributed by atoms with Crippen molar-refractivity contribution in [3.63, 3.8) is 0 Å². The number of hydrogen-bond donors (Lipinski definition) is 1. The molecule has 0 aliphatic carbocycles. The molecule has 0 saturated carbocycles. The normalized spacial score (nSPS) is 20.6. The van der Waals surface area contributed by atoms with Gasteiger partial charge in [-0.05, 0) is 24.9 Å². The molecule has 19 heavy (non-hydrogen) atoms. The second kappa shape index (κ2) is 7.10. The summed E-state index contributed by atoms with van der Waals surface area (Å²) in [5.41, 5.74) is 1.23. The molecule has 1 aliphatic rings. The smallest absolute Gasteiger partial charge is 0.217 e. The Bertz CT molecular complexity index is 428. The van der Waals surface area contributed by atoms with Crippen LogP contribution in [-0.4, -0.2) is 36.5 Å². The molecule has 0 radical (unpaired) electrons. The molecule has 2 rings (SSSR count). The maximum atomic E-state index is 11.1. The quantitative estimate of drug-likeness (QED) is 0.898. The summed E-state index contributed by atoms with van der Waals surface area (Å²) in [7, 11) is 0. The molecule has 0 spiro atoms. The van der Waals surface area contributed by atoms with Crippen molar-refractivity contribution in [1.29, 1.82) is 0 Å². The average molecular weight is 258 g/mol. The van der Waals surface area contributed by atoms with E-state index in [1.54, 1.807) is 6.92 Å². The molecule has 3 heteroatoms. The molecule has 1 fully saturated rings. The van der Waals surface area contributed by atoms with Gasteiger partial charge in [-0.1, -0.05) is 42.5 Å². The summed E-state index contributed by atoms with van der Waals surface area (Å²) in [5.74, 6) is 0.0756. The monoisotopic (exact) mass is 258 g/mol. The first-order valence-electron chi connectivity index (χ1n) is 6.95.